The van der Waals surface area contributed by atoms with Crippen molar-refractivity contribution in [3.8, 4) is 0 Å². The van der Waals surface area contributed by atoms with Crippen LogP contribution in [0.4, 0.5) is 13.2 Å². The van der Waals surface area contributed by atoms with E-state index in [4.69, 9.17) is 5.73 Å². The number of rotatable bonds is 6. The summed E-state index contributed by atoms with van der Waals surface area (Å²) >= 11 is 0. The van der Waals surface area contributed by atoms with E-state index in [9.17, 15) is 18.0 Å². The number of nitrogens with one attached hydrogen (secondary N) is 1. The topological polar surface area (TPSA) is 58.4 Å². The van der Waals surface area contributed by atoms with E-state index in [1.54, 1.807) is 13.8 Å². The summed E-state index contributed by atoms with van der Waals surface area (Å²) < 4.78 is 38.3. The number of nitrogens with two attached hydrogens (primary N) is 1. The number of hydrogen-bond acceptors (Lipinski definition) is 3. The van der Waals surface area contributed by atoms with E-state index in [-0.39, 0.29) is 12.1 Å². The Morgan fingerprint density at radius 3 is 2.52 bits per heavy atom. The zero-order valence-electron chi connectivity index (χ0n) is 13.0. The molecule has 21 heavy (non-hydrogen) atoms. The van der Waals surface area contributed by atoms with Crippen molar-refractivity contribution in [3.05, 3.63) is 0 Å². The number of nitrogens with zero attached hydrogens (tertiary/aromatic N) is 1. The highest BCUT2D eigenvalue weighted by Gasteiger charge is 2.44. The van der Waals surface area contributed by atoms with Gasteiger partial charge in [-0.2, -0.15) is 13.2 Å². The van der Waals surface area contributed by atoms with Crippen molar-refractivity contribution in [2.45, 2.75) is 70.3 Å². The smallest absolute Gasteiger partial charge is 0.368 e. The van der Waals surface area contributed by atoms with Crippen molar-refractivity contribution in [1.29, 1.82) is 0 Å². The minimum absolute atomic E-state index is 0.234. The van der Waals surface area contributed by atoms with Gasteiger partial charge in [-0.25, -0.2) is 0 Å². The molecule has 1 rings (SSSR count). The molecule has 0 aromatic carbocycles. The lowest BCUT2D eigenvalue weighted by molar-refractivity contribution is -0.158. The molecule has 0 aliphatic heterocycles. The lowest BCUT2D eigenvalue weighted by atomic mass is 9.77. The zero-order chi connectivity index (χ0) is 16.3. The average molecular weight is 309 g/mol. The summed E-state index contributed by atoms with van der Waals surface area (Å²) in [4.78, 5) is 13.2. The molecule has 4 nitrogen and oxygen atoms in total. The van der Waals surface area contributed by atoms with Crippen LogP contribution < -0.4 is 11.1 Å². The predicted octanol–water partition coefficient (Wildman–Crippen LogP) is 2.04. The maximum atomic E-state index is 12.8. The number of likely N-dealkylation sites (N-methyl/N-ethyl adjacent to an activating group) is 1. The van der Waals surface area contributed by atoms with Crippen molar-refractivity contribution in [2.24, 2.45) is 5.73 Å². The van der Waals surface area contributed by atoms with Gasteiger partial charge in [0.15, 0.2) is 0 Å². The van der Waals surface area contributed by atoms with Gasteiger partial charge >= 0.3 is 6.18 Å². The number of primary amides is 1. The van der Waals surface area contributed by atoms with E-state index < -0.39 is 24.2 Å². The molecule has 1 saturated carbocycles. The Balaban J connectivity index is 2.92. The van der Waals surface area contributed by atoms with Gasteiger partial charge in [-0.05, 0) is 46.1 Å². The number of amides is 1. The minimum atomic E-state index is -4.24. The number of alkyl halides is 3. The van der Waals surface area contributed by atoms with Crippen LogP contribution in [0.3, 0.4) is 0 Å². The molecule has 1 amide bonds. The second-order valence-corrected chi connectivity index (χ2v) is 6.11. The van der Waals surface area contributed by atoms with E-state index in [2.05, 4.69) is 5.32 Å². The second-order valence-electron chi connectivity index (χ2n) is 6.11. The van der Waals surface area contributed by atoms with Gasteiger partial charge in [-0.3, -0.25) is 9.69 Å². The first-order chi connectivity index (χ1) is 9.61. The van der Waals surface area contributed by atoms with Gasteiger partial charge in [-0.15, -0.1) is 0 Å². The van der Waals surface area contributed by atoms with Crippen molar-refractivity contribution < 1.29 is 18.0 Å². The normalized spacial score (nSPS) is 27.3. The minimum Gasteiger partial charge on any atom is -0.368 e. The number of carbonyl (C=O) groups excluding carboxylic acids is 1. The van der Waals surface area contributed by atoms with Crippen LogP contribution in [0.1, 0.15) is 46.5 Å². The summed E-state index contributed by atoms with van der Waals surface area (Å²) in [6.07, 6.45) is -1.96. The Hall–Kier alpha value is -0.820. The molecule has 7 heteroatoms. The van der Waals surface area contributed by atoms with E-state index in [1.165, 1.54) is 4.90 Å². The molecule has 1 fully saturated rings. The highest BCUT2D eigenvalue weighted by molar-refractivity contribution is 5.84. The van der Waals surface area contributed by atoms with Crippen molar-refractivity contribution in [2.75, 3.05) is 13.1 Å². The fourth-order valence-electron chi connectivity index (χ4n) is 3.28. The summed E-state index contributed by atoms with van der Waals surface area (Å²) in [6.45, 7) is 4.98. The molecule has 0 bridgehead atoms. The van der Waals surface area contributed by atoms with Crippen LogP contribution >= 0.6 is 0 Å². The van der Waals surface area contributed by atoms with Crippen LogP contribution in [0.15, 0.2) is 0 Å². The van der Waals surface area contributed by atoms with E-state index >= 15 is 0 Å². The van der Waals surface area contributed by atoms with Crippen LogP contribution in [0.25, 0.3) is 0 Å². The van der Waals surface area contributed by atoms with Gasteiger partial charge in [0.1, 0.15) is 0 Å². The van der Waals surface area contributed by atoms with E-state index in [0.717, 1.165) is 0 Å². The van der Waals surface area contributed by atoms with Crippen LogP contribution in [0, 0.1) is 0 Å². The third kappa shape index (κ3) is 4.85. The molecular formula is C14H26F3N3O. The van der Waals surface area contributed by atoms with Gasteiger partial charge < -0.3 is 11.1 Å². The highest BCUT2D eigenvalue weighted by atomic mass is 19.4. The summed E-state index contributed by atoms with van der Waals surface area (Å²) in [5.74, 6) is -0.468. The predicted molar refractivity (Wildman–Crippen MR) is 75.8 cm³/mol. The SMILES string of the molecule is CCNC1(C(N)=O)CCCC(N(CC(F)(F)F)C(C)C)C1. The molecule has 3 N–H and O–H groups in total. The molecule has 124 valence electrons. The fraction of sp³-hybridized carbons (Fsp3) is 0.929. The standard InChI is InChI=1S/C14H26F3N3O/c1-4-19-13(12(18)21)7-5-6-11(8-13)20(10(2)3)9-14(15,16)17/h10-11,19H,4-9H2,1-3H3,(H2,18,21). The molecule has 2 atom stereocenters. The molecular weight excluding hydrogens is 283 g/mol. The molecule has 0 saturated heterocycles. The number of hydrogen-bond donors (Lipinski definition) is 2. The first-order valence-corrected chi connectivity index (χ1v) is 7.48. The third-order valence-electron chi connectivity index (χ3n) is 4.21. The van der Waals surface area contributed by atoms with E-state index in [0.29, 0.717) is 32.2 Å². The Morgan fingerprint density at radius 1 is 1.48 bits per heavy atom. The van der Waals surface area contributed by atoms with E-state index in [1.807, 2.05) is 6.92 Å². The van der Waals surface area contributed by atoms with Gasteiger partial charge in [0.05, 0.1) is 12.1 Å². The summed E-state index contributed by atoms with van der Waals surface area (Å²) in [7, 11) is 0. The Morgan fingerprint density at radius 2 is 2.10 bits per heavy atom. The maximum Gasteiger partial charge on any atom is 0.401 e. The van der Waals surface area contributed by atoms with Crippen molar-refractivity contribution in [3.63, 3.8) is 0 Å². The molecule has 0 radical (unpaired) electrons. The van der Waals surface area contributed by atoms with Crippen LogP contribution in [0.2, 0.25) is 0 Å². The quantitative estimate of drug-likeness (QED) is 0.789. The Bertz CT molecular complexity index is 356. The highest BCUT2D eigenvalue weighted by Crippen LogP contribution is 2.33. The first kappa shape index (κ1) is 18.2. The fourth-order valence-corrected chi connectivity index (χ4v) is 3.28. The molecule has 0 aromatic heterocycles. The molecule has 0 heterocycles. The van der Waals surface area contributed by atoms with Crippen LogP contribution in [-0.4, -0.2) is 47.7 Å². The lowest BCUT2D eigenvalue weighted by Crippen LogP contribution is -2.61. The summed E-state index contributed by atoms with van der Waals surface area (Å²) in [5, 5.41) is 3.10. The molecule has 0 spiro atoms. The zero-order valence-corrected chi connectivity index (χ0v) is 13.0. The molecule has 0 aromatic rings. The second kappa shape index (κ2) is 6.96. The molecule has 1 aliphatic carbocycles. The van der Waals surface area contributed by atoms with Gasteiger partial charge in [0, 0.05) is 12.1 Å². The number of halogens is 3. The third-order valence-corrected chi connectivity index (χ3v) is 4.21. The van der Waals surface area contributed by atoms with Gasteiger partial charge in [0.25, 0.3) is 0 Å². The first-order valence-electron chi connectivity index (χ1n) is 7.48. The lowest BCUT2D eigenvalue weighted by Gasteiger charge is -2.45. The molecule has 1 aliphatic rings. The van der Waals surface area contributed by atoms with Crippen LogP contribution in [0.5, 0.6) is 0 Å². The van der Waals surface area contributed by atoms with Crippen molar-refractivity contribution >= 4 is 5.91 Å². The number of carbonyl (C=O) groups is 1. The van der Waals surface area contributed by atoms with Gasteiger partial charge in [0.2, 0.25) is 5.91 Å². The maximum absolute atomic E-state index is 12.8. The summed E-state index contributed by atoms with van der Waals surface area (Å²) in [6, 6.07) is -0.520. The average Bonchev–Trinajstić information content (AvgIpc) is 2.35. The largest absolute Gasteiger partial charge is 0.401 e. The monoisotopic (exact) mass is 309 g/mol. The molecule has 2 unspecified atom stereocenters. The summed E-state index contributed by atoms with van der Waals surface area (Å²) in [5.41, 5.74) is 4.63. The Labute approximate surface area is 124 Å². The van der Waals surface area contributed by atoms with Gasteiger partial charge in [-0.1, -0.05) is 6.92 Å². The Kier molecular flexibility index (Phi) is 6.04. The van der Waals surface area contributed by atoms with Crippen molar-refractivity contribution in [1.82, 2.24) is 10.2 Å². The van der Waals surface area contributed by atoms with Crippen LogP contribution in [-0.2, 0) is 4.79 Å².